The van der Waals surface area contributed by atoms with Crippen LogP contribution >= 0.6 is 0 Å². The van der Waals surface area contributed by atoms with Crippen LogP contribution in [0.15, 0.2) is 53.1 Å². The Hall–Kier alpha value is -2.64. The molecule has 1 amide bonds. The first-order valence-corrected chi connectivity index (χ1v) is 14.1. The molecule has 38 heavy (non-hydrogen) atoms. The van der Waals surface area contributed by atoms with Crippen molar-refractivity contribution >= 4 is 5.91 Å². The van der Waals surface area contributed by atoms with E-state index in [1.807, 2.05) is 11.0 Å². The molecule has 1 aromatic rings. The minimum Gasteiger partial charge on any atom is -0.500 e. The van der Waals surface area contributed by atoms with Crippen LogP contribution in [0, 0.1) is 31.1 Å². The molecule has 2 heterocycles. The van der Waals surface area contributed by atoms with E-state index in [1.165, 1.54) is 11.1 Å². The number of hydrogen-bond donors (Lipinski definition) is 1. The summed E-state index contributed by atoms with van der Waals surface area (Å²) in [6.45, 7) is 14.6. The molecule has 7 nitrogen and oxygen atoms in total. The van der Waals surface area contributed by atoms with Gasteiger partial charge in [-0.2, -0.15) is 24.1 Å². The van der Waals surface area contributed by atoms with Gasteiger partial charge in [0.05, 0.1) is 0 Å². The lowest BCUT2D eigenvalue weighted by Crippen LogP contribution is -2.48. The van der Waals surface area contributed by atoms with Gasteiger partial charge in [0.25, 0.3) is 0 Å². The average molecular weight is 520 g/mol. The Morgan fingerprint density at radius 3 is 2.47 bits per heavy atom. The van der Waals surface area contributed by atoms with E-state index in [-0.39, 0.29) is 17.9 Å². The van der Waals surface area contributed by atoms with E-state index < -0.39 is 0 Å². The number of ether oxygens (including phenoxy) is 1. The van der Waals surface area contributed by atoms with E-state index in [4.69, 9.17) is 4.74 Å². The van der Waals surface area contributed by atoms with Crippen LogP contribution in [-0.4, -0.2) is 67.1 Å². The normalized spacial score (nSPS) is 21.7. The van der Waals surface area contributed by atoms with Gasteiger partial charge in [-0.05, 0) is 55.9 Å². The first-order valence-electron chi connectivity index (χ1n) is 14.1. The lowest BCUT2D eigenvalue weighted by atomic mass is 9.89. The van der Waals surface area contributed by atoms with Gasteiger partial charge in [0, 0.05) is 51.2 Å². The second kappa shape index (κ2) is 13.9. The van der Waals surface area contributed by atoms with Crippen molar-refractivity contribution < 1.29 is 9.53 Å². The van der Waals surface area contributed by atoms with Crippen LogP contribution in [0.1, 0.15) is 62.5 Å². The zero-order valence-corrected chi connectivity index (χ0v) is 22.8. The third-order valence-corrected chi connectivity index (χ3v) is 8.04. The number of nitroso groups, excluding NO2 is 1. The predicted molar refractivity (Wildman–Crippen MR) is 152 cm³/mol. The molecular formula is C31H43N4O3-3. The molecule has 0 saturated carbocycles. The molecule has 0 radical (unpaired) electrons. The topological polar surface area (TPSA) is 74.2 Å². The van der Waals surface area contributed by atoms with E-state index in [9.17, 15) is 9.70 Å². The monoisotopic (exact) mass is 519 g/mol. The van der Waals surface area contributed by atoms with Gasteiger partial charge < -0.3 is 33.7 Å². The van der Waals surface area contributed by atoms with Crippen molar-refractivity contribution in [2.75, 3.05) is 39.3 Å². The number of likely N-dealkylation sites (tertiary alicyclic amines) is 2. The summed E-state index contributed by atoms with van der Waals surface area (Å²) in [6.07, 6.45) is 11.2. The zero-order chi connectivity index (χ0) is 26.9. The summed E-state index contributed by atoms with van der Waals surface area (Å²) in [5.41, 5.74) is 3.06. The number of rotatable bonds is 11. The molecule has 1 aromatic carbocycles. The predicted octanol–water partition coefficient (Wildman–Crippen LogP) is 5.02. The third kappa shape index (κ3) is 7.93. The van der Waals surface area contributed by atoms with Crippen molar-refractivity contribution in [3.63, 3.8) is 0 Å². The van der Waals surface area contributed by atoms with Crippen molar-refractivity contribution in [1.29, 1.82) is 0 Å². The lowest BCUT2D eigenvalue weighted by molar-refractivity contribution is -0.132. The van der Waals surface area contributed by atoms with Gasteiger partial charge in [0.15, 0.2) is 0 Å². The van der Waals surface area contributed by atoms with Gasteiger partial charge >= 0.3 is 0 Å². The van der Waals surface area contributed by atoms with E-state index >= 15 is 0 Å². The van der Waals surface area contributed by atoms with Gasteiger partial charge in [-0.1, -0.05) is 18.6 Å². The fraction of sp³-hybridized carbons (Fsp3) is 0.548. The first-order chi connectivity index (χ1) is 18.4. The maximum atomic E-state index is 12.9. The molecule has 208 valence electrons. The molecule has 0 aromatic heterocycles. The quantitative estimate of drug-likeness (QED) is 0.328. The lowest BCUT2D eigenvalue weighted by Gasteiger charge is -2.36. The molecule has 2 fully saturated rings. The van der Waals surface area contributed by atoms with Crippen molar-refractivity contribution in [2.45, 2.75) is 63.5 Å². The van der Waals surface area contributed by atoms with Crippen LogP contribution in [0.3, 0.4) is 0 Å². The van der Waals surface area contributed by atoms with Crippen LogP contribution in [0.4, 0.5) is 0 Å². The summed E-state index contributed by atoms with van der Waals surface area (Å²) in [5, 5.41) is 6.76. The van der Waals surface area contributed by atoms with Crippen LogP contribution < -0.4 is 5.32 Å². The molecule has 2 saturated heterocycles. The maximum absolute atomic E-state index is 12.9. The average Bonchev–Trinajstić information content (AvgIpc) is 2.95. The summed E-state index contributed by atoms with van der Waals surface area (Å²) in [4.78, 5) is 28.5. The fourth-order valence-electron chi connectivity index (χ4n) is 5.68. The number of nitrogens with one attached hydrogen (secondary N) is 1. The van der Waals surface area contributed by atoms with Gasteiger partial charge in [0.2, 0.25) is 5.91 Å². The summed E-state index contributed by atoms with van der Waals surface area (Å²) in [7, 11) is 0. The molecule has 0 spiro atoms. The van der Waals surface area contributed by atoms with Crippen molar-refractivity contribution in [2.24, 2.45) is 11.1 Å². The van der Waals surface area contributed by atoms with Gasteiger partial charge in [-0.15, -0.1) is 17.0 Å². The molecule has 3 aliphatic rings. The molecule has 1 N–H and O–H groups in total. The second-order valence-electron chi connectivity index (χ2n) is 10.9. The minimum atomic E-state index is -0.108. The number of carbonyl (C=O) groups excluding carboxylic acids is 1. The smallest absolute Gasteiger partial charge is 0.223 e. The van der Waals surface area contributed by atoms with E-state index in [1.54, 1.807) is 6.08 Å². The summed E-state index contributed by atoms with van der Waals surface area (Å²) in [6, 6.07) is 9.37. The summed E-state index contributed by atoms with van der Waals surface area (Å²) in [5.74, 6) is 1.39. The molecule has 1 unspecified atom stereocenters. The van der Waals surface area contributed by atoms with Gasteiger partial charge in [0.1, 0.15) is 11.5 Å². The van der Waals surface area contributed by atoms with Crippen molar-refractivity contribution in [1.82, 2.24) is 15.1 Å². The Kier molecular flexibility index (Phi) is 10.4. The van der Waals surface area contributed by atoms with Crippen LogP contribution in [0.5, 0.6) is 0 Å². The largest absolute Gasteiger partial charge is 0.500 e. The Labute approximate surface area is 228 Å². The maximum Gasteiger partial charge on any atom is 0.223 e. The fourth-order valence-corrected chi connectivity index (χ4v) is 5.68. The van der Waals surface area contributed by atoms with E-state index in [0.717, 1.165) is 58.4 Å². The highest BCUT2D eigenvalue weighted by Crippen LogP contribution is 2.29. The number of piperidine rings is 2. The molecule has 4 rings (SSSR count). The highest BCUT2D eigenvalue weighted by Gasteiger charge is 2.27. The van der Waals surface area contributed by atoms with Crippen molar-refractivity contribution in [3.05, 3.63) is 84.2 Å². The number of carbonyl (C=O) groups is 1. The Balaban J connectivity index is 1.14. The molecule has 1 atom stereocenters. The molecule has 0 bridgehead atoms. The number of benzene rings is 1. The molecule has 7 heteroatoms. The number of allylic oxidation sites excluding steroid dienone is 1. The van der Waals surface area contributed by atoms with Crippen LogP contribution in [0.2, 0.25) is 0 Å². The van der Waals surface area contributed by atoms with Crippen LogP contribution in [0.25, 0.3) is 0 Å². The minimum absolute atomic E-state index is 0.0849. The Morgan fingerprint density at radius 1 is 1.13 bits per heavy atom. The number of amides is 1. The molecule has 2 aliphatic heterocycles. The first kappa shape index (κ1) is 28.4. The SMILES string of the molecule is [CH2-]C([CH2-])COC1=C(N=O)C=CC(NC2CCN(C(=O)CCN3CCC(c4ccc([CH-]C)cc4)CC3)CC2)C1. The highest BCUT2D eigenvalue weighted by atomic mass is 16.5. The van der Waals surface area contributed by atoms with Crippen LogP contribution in [-0.2, 0) is 9.53 Å². The number of nitrogens with zero attached hydrogens (tertiary/aromatic N) is 3. The van der Waals surface area contributed by atoms with Crippen molar-refractivity contribution in [3.8, 4) is 0 Å². The Bertz CT molecular complexity index is 971. The molecular weight excluding hydrogens is 476 g/mol. The summed E-state index contributed by atoms with van der Waals surface area (Å²) >= 11 is 0. The standard InChI is InChI=1S/C31H43N4O3/c1-4-24-5-7-25(8-6-24)26-11-16-34(17-12-26)18-15-31(36)35-19-13-27(14-20-35)32-28-9-10-29(33-37)30(21-28)38-22-23(2)3/h4-10,23,26-28,32H,2-3,11-22H2,1H3/q-3. The second-order valence-corrected chi connectivity index (χ2v) is 10.9. The van der Waals surface area contributed by atoms with E-state index in [0.29, 0.717) is 42.9 Å². The molecule has 1 aliphatic carbocycles. The highest BCUT2D eigenvalue weighted by molar-refractivity contribution is 5.76. The number of hydrogen-bond acceptors (Lipinski definition) is 6. The van der Waals surface area contributed by atoms with Gasteiger partial charge in [-0.25, -0.2) is 0 Å². The third-order valence-electron chi connectivity index (χ3n) is 8.04. The summed E-state index contributed by atoms with van der Waals surface area (Å²) < 4.78 is 5.74. The Morgan fingerprint density at radius 2 is 1.84 bits per heavy atom. The zero-order valence-electron chi connectivity index (χ0n) is 22.8. The van der Waals surface area contributed by atoms with E-state index in [2.05, 4.69) is 66.9 Å². The van der Waals surface area contributed by atoms with Gasteiger partial charge in [-0.3, -0.25) is 10.7 Å².